The van der Waals surface area contributed by atoms with Crippen LogP contribution in [0.1, 0.15) is 25.1 Å². The number of hydrogen-bond donors (Lipinski definition) is 1. The SMILES string of the molecule is COCCn1c(CN(CCN(C)C)C(=O)NC(C)C)cnc1S(=O)(=O)Cc1ccccc1Cl. The zero-order valence-electron chi connectivity index (χ0n) is 19.9. The molecule has 2 aromatic rings. The van der Waals surface area contributed by atoms with Crippen LogP contribution in [0.4, 0.5) is 4.79 Å². The van der Waals surface area contributed by atoms with Crippen LogP contribution >= 0.6 is 11.6 Å². The van der Waals surface area contributed by atoms with Gasteiger partial charge in [-0.1, -0.05) is 29.8 Å². The molecule has 0 atom stereocenters. The lowest BCUT2D eigenvalue weighted by Gasteiger charge is -2.26. The molecule has 0 radical (unpaired) electrons. The Kier molecular flexibility index (Phi) is 10.2. The third-order valence-corrected chi connectivity index (χ3v) is 6.81. The molecule has 0 aliphatic rings. The van der Waals surface area contributed by atoms with Gasteiger partial charge in [-0.2, -0.15) is 0 Å². The standard InChI is InChI=1S/C22H34ClN5O4S/c1-17(2)25-21(29)27(11-10-26(3)4)15-19-14-24-22(28(19)12-13-32-5)33(30,31)16-18-8-6-7-9-20(18)23/h6-9,14,17H,10-13,15-16H2,1-5H3,(H,25,29). The molecule has 0 unspecified atom stereocenters. The van der Waals surface area contributed by atoms with Crippen molar-refractivity contribution in [2.24, 2.45) is 0 Å². The normalized spacial score (nSPS) is 11.9. The summed E-state index contributed by atoms with van der Waals surface area (Å²) in [5, 5.41) is 3.23. The maximum atomic E-state index is 13.2. The summed E-state index contributed by atoms with van der Waals surface area (Å²) in [6.07, 6.45) is 1.51. The third-order valence-electron chi connectivity index (χ3n) is 4.87. The van der Waals surface area contributed by atoms with E-state index < -0.39 is 9.84 Å². The van der Waals surface area contributed by atoms with Crippen LogP contribution in [0, 0.1) is 0 Å². The van der Waals surface area contributed by atoms with Crippen LogP contribution < -0.4 is 5.32 Å². The molecule has 1 N–H and O–H groups in total. The Morgan fingerprint density at radius 3 is 2.55 bits per heavy atom. The molecule has 0 aliphatic heterocycles. The summed E-state index contributed by atoms with van der Waals surface area (Å²) in [5.74, 6) is -0.270. The Morgan fingerprint density at radius 2 is 1.94 bits per heavy atom. The van der Waals surface area contributed by atoms with Gasteiger partial charge >= 0.3 is 6.03 Å². The van der Waals surface area contributed by atoms with Gasteiger partial charge in [0.25, 0.3) is 0 Å². The number of nitrogens with zero attached hydrogens (tertiary/aromatic N) is 4. The minimum Gasteiger partial charge on any atom is -0.383 e. The summed E-state index contributed by atoms with van der Waals surface area (Å²) < 4.78 is 33.3. The van der Waals surface area contributed by atoms with E-state index in [0.717, 1.165) is 0 Å². The number of hydrogen-bond acceptors (Lipinski definition) is 6. The van der Waals surface area contributed by atoms with E-state index in [1.807, 2.05) is 32.8 Å². The Bertz CT molecular complexity index is 1020. The highest BCUT2D eigenvalue weighted by Crippen LogP contribution is 2.23. The van der Waals surface area contributed by atoms with E-state index in [-0.39, 0.29) is 36.1 Å². The Morgan fingerprint density at radius 1 is 1.24 bits per heavy atom. The Labute approximate surface area is 201 Å². The number of carbonyl (C=O) groups is 1. The molecule has 0 bridgehead atoms. The summed E-state index contributed by atoms with van der Waals surface area (Å²) in [6.45, 7) is 5.72. The number of benzene rings is 1. The van der Waals surface area contributed by atoms with E-state index in [9.17, 15) is 13.2 Å². The molecular weight excluding hydrogens is 466 g/mol. The molecule has 0 aliphatic carbocycles. The van der Waals surface area contributed by atoms with Gasteiger partial charge in [-0.25, -0.2) is 18.2 Å². The fourth-order valence-electron chi connectivity index (χ4n) is 3.18. The zero-order chi connectivity index (χ0) is 24.6. The van der Waals surface area contributed by atoms with Crippen molar-refractivity contribution in [3.63, 3.8) is 0 Å². The summed E-state index contributed by atoms with van der Waals surface area (Å²) in [5.41, 5.74) is 1.12. The number of ether oxygens (including phenoxy) is 1. The molecular formula is C22H34ClN5O4S. The smallest absolute Gasteiger partial charge is 0.317 e. The first-order chi connectivity index (χ1) is 15.5. The number of nitrogens with one attached hydrogen (secondary N) is 1. The number of imidazole rings is 1. The molecule has 33 heavy (non-hydrogen) atoms. The number of rotatable bonds is 12. The van der Waals surface area contributed by atoms with Crippen molar-refractivity contribution in [3.8, 4) is 0 Å². The van der Waals surface area contributed by atoms with Gasteiger partial charge < -0.3 is 24.4 Å². The Balaban J connectivity index is 2.38. The van der Waals surface area contributed by atoms with Gasteiger partial charge in [-0.3, -0.25) is 0 Å². The van der Waals surface area contributed by atoms with E-state index >= 15 is 0 Å². The summed E-state index contributed by atoms with van der Waals surface area (Å²) >= 11 is 6.19. The van der Waals surface area contributed by atoms with Crippen molar-refractivity contribution in [1.82, 2.24) is 24.7 Å². The average molecular weight is 500 g/mol. The summed E-state index contributed by atoms with van der Waals surface area (Å²) in [6, 6.07) is 6.60. The molecule has 0 fully saturated rings. The molecule has 11 heteroatoms. The van der Waals surface area contributed by atoms with Crippen molar-refractivity contribution in [2.75, 3.05) is 40.9 Å². The molecule has 0 saturated carbocycles. The Hall–Kier alpha value is -2.14. The second kappa shape index (κ2) is 12.4. The number of amides is 2. The fourth-order valence-corrected chi connectivity index (χ4v) is 5.01. The molecule has 2 amide bonds. The van der Waals surface area contributed by atoms with E-state index in [2.05, 4.69) is 10.3 Å². The van der Waals surface area contributed by atoms with E-state index in [1.165, 1.54) is 6.20 Å². The predicted octanol–water partition coefficient (Wildman–Crippen LogP) is 2.64. The maximum absolute atomic E-state index is 13.2. The number of likely N-dealkylation sites (N-methyl/N-ethyl adjacent to an activating group) is 1. The lowest BCUT2D eigenvalue weighted by atomic mass is 10.2. The zero-order valence-corrected chi connectivity index (χ0v) is 21.5. The van der Waals surface area contributed by atoms with Crippen LogP contribution in [0.5, 0.6) is 0 Å². The highest BCUT2D eigenvalue weighted by Gasteiger charge is 2.26. The number of sulfone groups is 1. The molecule has 1 heterocycles. The molecule has 2 rings (SSSR count). The fraction of sp³-hybridized carbons (Fsp3) is 0.545. The van der Waals surface area contributed by atoms with Gasteiger partial charge in [0.05, 0.1) is 30.8 Å². The number of carbonyl (C=O) groups excluding carboxylic acids is 1. The monoisotopic (exact) mass is 499 g/mol. The second-order valence-corrected chi connectivity index (χ2v) is 10.6. The van der Waals surface area contributed by atoms with Gasteiger partial charge in [-0.05, 0) is 39.6 Å². The van der Waals surface area contributed by atoms with Crippen LogP contribution in [0.3, 0.4) is 0 Å². The van der Waals surface area contributed by atoms with Crippen molar-refractivity contribution < 1.29 is 17.9 Å². The molecule has 1 aromatic carbocycles. The number of halogens is 1. The topological polar surface area (TPSA) is 96.8 Å². The largest absolute Gasteiger partial charge is 0.383 e. The number of methoxy groups -OCH3 is 1. The number of urea groups is 1. The van der Waals surface area contributed by atoms with Gasteiger partial charge in [0.15, 0.2) is 0 Å². The van der Waals surface area contributed by atoms with Crippen molar-refractivity contribution in [1.29, 1.82) is 0 Å². The first kappa shape index (κ1) is 27.1. The first-order valence-electron chi connectivity index (χ1n) is 10.7. The van der Waals surface area contributed by atoms with Crippen molar-refractivity contribution in [3.05, 3.63) is 46.7 Å². The van der Waals surface area contributed by atoms with Gasteiger partial charge in [-0.15, -0.1) is 0 Å². The van der Waals surface area contributed by atoms with Gasteiger partial charge in [0.1, 0.15) is 0 Å². The quantitative estimate of drug-likeness (QED) is 0.482. The molecule has 0 spiro atoms. The third kappa shape index (κ3) is 7.99. The maximum Gasteiger partial charge on any atom is 0.317 e. The van der Waals surface area contributed by atoms with Gasteiger partial charge in [0, 0.05) is 37.8 Å². The first-order valence-corrected chi connectivity index (χ1v) is 12.8. The minimum absolute atomic E-state index is 0.0238. The lowest BCUT2D eigenvalue weighted by Crippen LogP contribution is -2.45. The molecule has 184 valence electrons. The lowest BCUT2D eigenvalue weighted by molar-refractivity contribution is 0.176. The average Bonchev–Trinajstić information content (AvgIpc) is 3.13. The van der Waals surface area contributed by atoms with Crippen molar-refractivity contribution >= 4 is 27.5 Å². The van der Waals surface area contributed by atoms with E-state index in [0.29, 0.717) is 36.0 Å². The van der Waals surface area contributed by atoms with Crippen LogP contribution in [0.2, 0.25) is 5.02 Å². The van der Waals surface area contributed by atoms with Gasteiger partial charge in [0.2, 0.25) is 15.0 Å². The summed E-state index contributed by atoms with van der Waals surface area (Å²) in [4.78, 5) is 20.7. The van der Waals surface area contributed by atoms with Crippen LogP contribution in [-0.4, -0.2) is 80.7 Å². The van der Waals surface area contributed by atoms with Crippen molar-refractivity contribution in [2.45, 2.75) is 43.9 Å². The molecule has 9 nitrogen and oxygen atoms in total. The second-order valence-electron chi connectivity index (χ2n) is 8.36. The molecule has 1 aromatic heterocycles. The number of aromatic nitrogens is 2. The predicted molar refractivity (Wildman–Crippen MR) is 129 cm³/mol. The van der Waals surface area contributed by atoms with Crippen LogP contribution in [0.15, 0.2) is 35.6 Å². The highest BCUT2D eigenvalue weighted by molar-refractivity contribution is 7.90. The minimum atomic E-state index is -3.79. The highest BCUT2D eigenvalue weighted by atomic mass is 35.5. The van der Waals surface area contributed by atoms with E-state index in [1.54, 1.807) is 40.8 Å². The molecule has 0 saturated heterocycles. The summed E-state index contributed by atoms with van der Waals surface area (Å²) in [7, 11) is 1.62. The van der Waals surface area contributed by atoms with Crippen LogP contribution in [0.25, 0.3) is 0 Å². The van der Waals surface area contributed by atoms with E-state index in [4.69, 9.17) is 16.3 Å². The van der Waals surface area contributed by atoms with Crippen LogP contribution in [-0.2, 0) is 33.4 Å².